The summed E-state index contributed by atoms with van der Waals surface area (Å²) in [5.74, 6) is 0.245. The largest absolute Gasteiger partial charge is 0.385 e. The number of rotatable bonds is 3. The summed E-state index contributed by atoms with van der Waals surface area (Å²) in [6, 6.07) is 8.15. The van der Waals surface area contributed by atoms with E-state index < -0.39 is 5.60 Å². The fraction of sp³-hybridized carbons (Fsp3) is 0.538. The van der Waals surface area contributed by atoms with Crippen LogP contribution < -0.4 is 0 Å². The highest BCUT2D eigenvalue weighted by molar-refractivity contribution is 5.27. The number of aryl methyl sites for hydroxylation is 1. The van der Waals surface area contributed by atoms with Gasteiger partial charge in [0.05, 0.1) is 5.60 Å². The van der Waals surface area contributed by atoms with E-state index in [9.17, 15) is 5.11 Å². The van der Waals surface area contributed by atoms with Crippen molar-refractivity contribution in [2.45, 2.75) is 39.7 Å². The molecule has 1 aromatic rings. The second kappa shape index (κ2) is 4.14. The summed E-state index contributed by atoms with van der Waals surface area (Å²) >= 11 is 0. The van der Waals surface area contributed by atoms with E-state index in [-0.39, 0.29) is 5.92 Å². The van der Waals surface area contributed by atoms with Crippen LogP contribution in [0.1, 0.15) is 38.3 Å². The molecule has 0 aromatic heterocycles. The fourth-order valence-electron chi connectivity index (χ4n) is 1.86. The summed E-state index contributed by atoms with van der Waals surface area (Å²) in [5, 5.41) is 10.5. The zero-order chi connectivity index (χ0) is 10.8. The van der Waals surface area contributed by atoms with Crippen LogP contribution in [0.25, 0.3) is 0 Å². The van der Waals surface area contributed by atoms with Gasteiger partial charge in [-0.25, -0.2) is 0 Å². The highest BCUT2D eigenvalue weighted by Gasteiger charge is 2.30. The lowest BCUT2D eigenvalue weighted by atomic mass is 9.81. The van der Waals surface area contributed by atoms with Gasteiger partial charge in [-0.1, -0.05) is 50.6 Å². The number of hydrogen-bond donors (Lipinski definition) is 1. The van der Waals surface area contributed by atoms with Crippen molar-refractivity contribution in [1.29, 1.82) is 0 Å². The quantitative estimate of drug-likeness (QED) is 0.779. The van der Waals surface area contributed by atoms with E-state index >= 15 is 0 Å². The maximum absolute atomic E-state index is 10.5. The van der Waals surface area contributed by atoms with Crippen LogP contribution in [0.15, 0.2) is 24.3 Å². The van der Waals surface area contributed by atoms with Gasteiger partial charge in [-0.3, -0.25) is 0 Å². The molecule has 1 heteroatoms. The average Bonchev–Trinajstić information content (AvgIpc) is 2.16. The molecule has 0 aliphatic heterocycles. The van der Waals surface area contributed by atoms with Crippen molar-refractivity contribution in [3.63, 3.8) is 0 Å². The van der Waals surface area contributed by atoms with Crippen molar-refractivity contribution in [2.75, 3.05) is 0 Å². The first kappa shape index (κ1) is 11.3. The Hall–Kier alpha value is -0.820. The summed E-state index contributed by atoms with van der Waals surface area (Å²) in [6.07, 6.45) is 0.758. The maximum Gasteiger partial charge on any atom is 0.0916 e. The van der Waals surface area contributed by atoms with Crippen molar-refractivity contribution in [3.8, 4) is 0 Å². The Labute approximate surface area is 86.8 Å². The van der Waals surface area contributed by atoms with Gasteiger partial charge in [0.1, 0.15) is 0 Å². The second-order valence-corrected chi connectivity index (χ2v) is 4.30. The van der Waals surface area contributed by atoms with Gasteiger partial charge < -0.3 is 5.11 Å². The lowest BCUT2D eigenvalue weighted by Crippen LogP contribution is -2.31. The van der Waals surface area contributed by atoms with Gasteiger partial charge in [0.25, 0.3) is 0 Å². The van der Waals surface area contributed by atoms with Crippen LogP contribution in [0.3, 0.4) is 0 Å². The fourth-order valence-corrected chi connectivity index (χ4v) is 1.86. The highest BCUT2D eigenvalue weighted by atomic mass is 16.3. The molecule has 1 N–H and O–H groups in total. The molecule has 0 radical (unpaired) electrons. The van der Waals surface area contributed by atoms with Crippen LogP contribution in [-0.4, -0.2) is 5.11 Å². The van der Waals surface area contributed by atoms with E-state index in [4.69, 9.17) is 0 Å². The second-order valence-electron chi connectivity index (χ2n) is 4.30. The predicted molar refractivity (Wildman–Crippen MR) is 60.2 cm³/mol. The van der Waals surface area contributed by atoms with Crippen molar-refractivity contribution in [3.05, 3.63) is 35.4 Å². The zero-order valence-electron chi connectivity index (χ0n) is 9.54. The minimum atomic E-state index is -0.675. The van der Waals surface area contributed by atoms with Gasteiger partial charge in [-0.15, -0.1) is 0 Å². The molecule has 0 bridgehead atoms. The molecular weight excluding hydrogens is 172 g/mol. The molecule has 1 rings (SSSR count). The molecule has 0 amide bonds. The van der Waals surface area contributed by atoms with Gasteiger partial charge in [0.2, 0.25) is 0 Å². The molecule has 14 heavy (non-hydrogen) atoms. The summed E-state index contributed by atoms with van der Waals surface area (Å²) in [7, 11) is 0. The van der Waals surface area contributed by atoms with Crippen LogP contribution in [0, 0.1) is 12.8 Å². The van der Waals surface area contributed by atoms with Crippen LogP contribution in [-0.2, 0) is 5.60 Å². The molecule has 1 aromatic carbocycles. The van der Waals surface area contributed by atoms with Crippen LogP contribution in [0.4, 0.5) is 0 Å². The van der Waals surface area contributed by atoms with Crippen molar-refractivity contribution in [2.24, 2.45) is 5.92 Å². The van der Waals surface area contributed by atoms with Gasteiger partial charge in [0, 0.05) is 0 Å². The minimum Gasteiger partial charge on any atom is -0.385 e. The summed E-state index contributed by atoms with van der Waals surface area (Å²) in [4.78, 5) is 0. The monoisotopic (exact) mass is 192 g/mol. The van der Waals surface area contributed by atoms with Gasteiger partial charge in [0.15, 0.2) is 0 Å². The molecule has 0 fully saturated rings. The van der Waals surface area contributed by atoms with Crippen molar-refractivity contribution in [1.82, 2.24) is 0 Å². The lowest BCUT2D eigenvalue weighted by Gasteiger charge is -2.31. The number of benzene rings is 1. The Morgan fingerprint density at radius 3 is 2.43 bits per heavy atom. The Balaban J connectivity index is 3.12. The molecule has 0 aliphatic carbocycles. The van der Waals surface area contributed by atoms with E-state index in [0.29, 0.717) is 0 Å². The molecule has 0 saturated carbocycles. The maximum atomic E-state index is 10.5. The summed E-state index contributed by atoms with van der Waals surface area (Å²) in [5.41, 5.74) is 1.57. The SMILES string of the molecule is CCC(O)(c1cccc(C)c1)C(C)C. The molecular formula is C13H20O. The smallest absolute Gasteiger partial charge is 0.0916 e. The topological polar surface area (TPSA) is 20.2 Å². The van der Waals surface area contributed by atoms with E-state index in [0.717, 1.165) is 12.0 Å². The first-order valence-electron chi connectivity index (χ1n) is 5.30. The average molecular weight is 192 g/mol. The van der Waals surface area contributed by atoms with Crippen LogP contribution in [0.2, 0.25) is 0 Å². The summed E-state index contributed by atoms with van der Waals surface area (Å²) < 4.78 is 0. The normalized spacial score (nSPS) is 15.6. The zero-order valence-corrected chi connectivity index (χ0v) is 9.54. The highest BCUT2D eigenvalue weighted by Crippen LogP contribution is 2.32. The van der Waals surface area contributed by atoms with Gasteiger partial charge >= 0.3 is 0 Å². The molecule has 0 aliphatic rings. The summed E-state index contributed by atoms with van der Waals surface area (Å²) in [6.45, 7) is 8.21. The van der Waals surface area contributed by atoms with Crippen molar-refractivity contribution < 1.29 is 5.11 Å². The minimum absolute atomic E-state index is 0.245. The molecule has 78 valence electrons. The van der Waals surface area contributed by atoms with E-state index in [1.807, 2.05) is 19.1 Å². The third-order valence-corrected chi connectivity index (χ3v) is 3.01. The number of aliphatic hydroxyl groups is 1. The molecule has 0 saturated heterocycles. The first-order chi connectivity index (χ1) is 6.50. The lowest BCUT2D eigenvalue weighted by molar-refractivity contribution is -0.0140. The number of hydrogen-bond acceptors (Lipinski definition) is 1. The van der Waals surface area contributed by atoms with Gasteiger partial charge in [-0.05, 0) is 24.8 Å². The first-order valence-corrected chi connectivity index (χ1v) is 5.30. The standard InChI is InChI=1S/C13H20O/c1-5-13(14,10(2)3)12-8-6-7-11(4)9-12/h6-10,14H,5H2,1-4H3. The molecule has 1 unspecified atom stereocenters. The Morgan fingerprint density at radius 1 is 1.36 bits per heavy atom. The van der Waals surface area contributed by atoms with E-state index in [1.54, 1.807) is 0 Å². The molecule has 1 atom stereocenters. The Bertz CT molecular complexity index is 304. The van der Waals surface area contributed by atoms with Gasteiger partial charge in [-0.2, -0.15) is 0 Å². The van der Waals surface area contributed by atoms with E-state index in [2.05, 4.69) is 32.9 Å². The molecule has 0 spiro atoms. The predicted octanol–water partition coefficient (Wildman–Crippen LogP) is 3.25. The molecule has 1 nitrogen and oxygen atoms in total. The Kier molecular flexibility index (Phi) is 3.33. The van der Waals surface area contributed by atoms with Crippen molar-refractivity contribution >= 4 is 0 Å². The van der Waals surface area contributed by atoms with Crippen LogP contribution in [0.5, 0.6) is 0 Å². The Morgan fingerprint density at radius 2 is 2.00 bits per heavy atom. The third kappa shape index (κ3) is 1.98. The van der Waals surface area contributed by atoms with Crippen LogP contribution >= 0.6 is 0 Å². The van der Waals surface area contributed by atoms with E-state index in [1.165, 1.54) is 5.56 Å². The molecule has 0 heterocycles. The third-order valence-electron chi connectivity index (χ3n) is 3.01.